The molecule has 1 aliphatic rings. The predicted molar refractivity (Wildman–Crippen MR) is 89.3 cm³/mol. The average Bonchev–Trinajstić information content (AvgIpc) is 2.48. The number of thioether (sulfide) groups is 2. The van der Waals surface area contributed by atoms with Gasteiger partial charge in [0.05, 0.1) is 5.02 Å². The van der Waals surface area contributed by atoms with Gasteiger partial charge in [0, 0.05) is 35.6 Å². The smallest absolute Gasteiger partial charge is 0.271 e. The maximum absolute atomic E-state index is 12.2. The van der Waals surface area contributed by atoms with Crippen LogP contribution in [0, 0.1) is 0 Å². The van der Waals surface area contributed by atoms with E-state index in [2.05, 4.69) is 15.6 Å². The Labute approximate surface area is 132 Å². The van der Waals surface area contributed by atoms with Crippen LogP contribution < -0.4 is 10.6 Å². The Morgan fingerprint density at radius 2 is 2.35 bits per heavy atom. The van der Waals surface area contributed by atoms with Gasteiger partial charge in [-0.2, -0.15) is 23.5 Å². The van der Waals surface area contributed by atoms with Crippen molar-refractivity contribution in [1.29, 1.82) is 0 Å². The summed E-state index contributed by atoms with van der Waals surface area (Å²) >= 11 is 9.91. The van der Waals surface area contributed by atoms with Crippen LogP contribution in [0.4, 0.5) is 5.82 Å². The molecule has 0 spiro atoms. The van der Waals surface area contributed by atoms with Crippen molar-refractivity contribution in [3.63, 3.8) is 0 Å². The zero-order valence-electron chi connectivity index (χ0n) is 11.3. The zero-order chi connectivity index (χ0) is 14.4. The number of carbonyl (C=O) groups is 1. The first kappa shape index (κ1) is 15.8. The normalized spacial score (nSPS) is 18.6. The fourth-order valence-corrected chi connectivity index (χ4v) is 4.63. The second-order valence-corrected chi connectivity index (χ2v) is 7.30. The van der Waals surface area contributed by atoms with E-state index in [9.17, 15) is 4.79 Å². The van der Waals surface area contributed by atoms with E-state index in [1.807, 2.05) is 30.4 Å². The summed E-state index contributed by atoms with van der Waals surface area (Å²) in [6.07, 6.45) is 0. The first-order valence-electron chi connectivity index (χ1n) is 6.58. The van der Waals surface area contributed by atoms with Crippen LogP contribution in [0.2, 0.25) is 5.02 Å². The number of halogens is 1. The minimum atomic E-state index is -0.203. The van der Waals surface area contributed by atoms with Crippen LogP contribution >= 0.6 is 35.1 Å². The van der Waals surface area contributed by atoms with E-state index in [0.29, 0.717) is 28.3 Å². The highest BCUT2D eigenvalue weighted by Gasteiger charge is 2.18. The molecule has 0 aromatic carbocycles. The van der Waals surface area contributed by atoms with Crippen molar-refractivity contribution in [2.24, 2.45) is 0 Å². The number of carbonyl (C=O) groups excluding carboxylic acids is 1. The number of rotatable bonds is 5. The molecule has 1 aromatic heterocycles. The SMILES string of the molecule is CCNc1ccc(Cl)c(C(=O)NCC2CSCCS2)n1. The van der Waals surface area contributed by atoms with Crippen LogP contribution in [-0.2, 0) is 0 Å². The lowest BCUT2D eigenvalue weighted by atomic mass is 10.3. The summed E-state index contributed by atoms with van der Waals surface area (Å²) in [5.41, 5.74) is 0.290. The van der Waals surface area contributed by atoms with Crippen LogP contribution in [0.25, 0.3) is 0 Å². The molecule has 110 valence electrons. The lowest BCUT2D eigenvalue weighted by molar-refractivity contribution is 0.0949. The predicted octanol–water partition coefficient (Wildman–Crippen LogP) is 2.75. The second kappa shape index (κ2) is 8.00. The van der Waals surface area contributed by atoms with Crippen LogP contribution in [0.15, 0.2) is 12.1 Å². The maximum Gasteiger partial charge on any atom is 0.271 e. The van der Waals surface area contributed by atoms with E-state index in [1.165, 1.54) is 5.75 Å². The monoisotopic (exact) mass is 331 g/mol. The van der Waals surface area contributed by atoms with E-state index in [-0.39, 0.29) is 5.91 Å². The highest BCUT2D eigenvalue weighted by Crippen LogP contribution is 2.23. The lowest BCUT2D eigenvalue weighted by Gasteiger charge is -2.21. The highest BCUT2D eigenvalue weighted by molar-refractivity contribution is 8.06. The third-order valence-corrected chi connectivity index (χ3v) is 5.94. The summed E-state index contributed by atoms with van der Waals surface area (Å²) < 4.78 is 0. The van der Waals surface area contributed by atoms with E-state index < -0.39 is 0 Å². The Kier molecular flexibility index (Phi) is 6.32. The molecule has 2 N–H and O–H groups in total. The van der Waals surface area contributed by atoms with Crippen LogP contribution in [0.5, 0.6) is 0 Å². The number of anilines is 1. The van der Waals surface area contributed by atoms with Crippen LogP contribution in [0.3, 0.4) is 0 Å². The van der Waals surface area contributed by atoms with Gasteiger partial charge in [0.15, 0.2) is 0 Å². The van der Waals surface area contributed by atoms with Crippen molar-refractivity contribution >= 4 is 46.8 Å². The maximum atomic E-state index is 12.2. The molecule has 0 bridgehead atoms. The first-order valence-corrected chi connectivity index (χ1v) is 9.16. The molecule has 1 fully saturated rings. The van der Waals surface area contributed by atoms with E-state index in [0.717, 1.165) is 18.1 Å². The molecule has 1 unspecified atom stereocenters. The third-order valence-electron chi connectivity index (χ3n) is 2.79. The van der Waals surface area contributed by atoms with Gasteiger partial charge in [-0.05, 0) is 19.1 Å². The van der Waals surface area contributed by atoms with Crippen molar-refractivity contribution in [1.82, 2.24) is 10.3 Å². The Morgan fingerprint density at radius 1 is 1.50 bits per heavy atom. The van der Waals surface area contributed by atoms with Gasteiger partial charge < -0.3 is 10.6 Å². The average molecular weight is 332 g/mol. The largest absolute Gasteiger partial charge is 0.370 e. The fourth-order valence-electron chi connectivity index (χ4n) is 1.83. The molecular weight excluding hydrogens is 314 g/mol. The van der Waals surface area contributed by atoms with E-state index in [1.54, 1.807) is 12.1 Å². The Bertz CT molecular complexity index is 467. The fraction of sp³-hybridized carbons (Fsp3) is 0.538. The number of hydrogen-bond acceptors (Lipinski definition) is 5. The van der Waals surface area contributed by atoms with Crippen molar-refractivity contribution in [3.8, 4) is 0 Å². The molecule has 1 atom stereocenters. The summed E-state index contributed by atoms with van der Waals surface area (Å²) in [5.74, 6) is 3.91. The quantitative estimate of drug-likeness (QED) is 0.869. The molecule has 1 aromatic rings. The number of amides is 1. The third kappa shape index (κ3) is 4.46. The number of nitrogens with one attached hydrogen (secondary N) is 2. The summed E-state index contributed by atoms with van der Waals surface area (Å²) in [7, 11) is 0. The summed E-state index contributed by atoms with van der Waals surface area (Å²) in [5, 5.41) is 6.87. The van der Waals surface area contributed by atoms with Crippen LogP contribution in [-0.4, -0.2) is 46.5 Å². The van der Waals surface area contributed by atoms with Crippen molar-refractivity contribution in [2.45, 2.75) is 12.2 Å². The molecule has 0 aliphatic carbocycles. The van der Waals surface area contributed by atoms with Gasteiger partial charge in [-0.1, -0.05) is 11.6 Å². The first-order chi connectivity index (χ1) is 9.70. The molecular formula is C13H18ClN3OS2. The molecule has 1 aliphatic heterocycles. The number of hydrogen-bond donors (Lipinski definition) is 2. The van der Waals surface area contributed by atoms with Crippen molar-refractivity contribution < 1.29 is 4.79 Å². The zero-order valence-corrected chi connectivity index (χ0v) is 13.7. The molecule has 4 nitrogen and oxygen atoms in total. The molecule has 20 heavy (non-hydrogen) atoms. The Morgan fingerprint density at radius 3 is 3.05 bits per heavy atom. The number of nitrogens with zero attached hydrogens (tertiary/aromatic N) is 1. The summed E-state index contributed by atoms with van der Waals surface area (Å²) in [6.45, 7) is 3.40. The minimum absolute atomic E-state index is 0.203. The molecule has 1 amide bonds. The minimum Gasteiger partial charge on any atom is -0.370 e. The second-order valence-electron chi connectivity index (χ2n) is 4.33. The van der Waals surface area contributed by atoms with Crippen LogP contribution in [0.1, 0.15) is 17.4 Å². The van der Waals surface area contributed by atoms with Gasteiger partial charge in [0.25, 0.3) is 5.91 Å². The van der Waals surface area contributed by atoms with Gasteiger partial charge in [0.1, 0.15) is 11.5 Å². The molecule has 1 saturated heterocycles. The van der Waals surface area contributed by atoms with Gasteiger partial charge >= 0.3 is 0 Å². The topological polar surface area (TPSA) is 54.0 Å². The molecule has 0 saturated carbocycles. The van der Waals surface area contributed by atoms with Crippen molar-refractivity contribution in [3.05, 3.63) is 22.8 Å². The van der Waals surface area contributed by atoms with Gasteiger partial charge in [-0.25, -0.2) is 4.98 Å². The number of aromatic nitrogens is 1. The molecule has 7 heteroatoms. The standard InChI is InChI=1S/C13H18ClN3OS2/c1-2-15-11-4-3-10(14)12(17-11)13(18)16-7-9-8-19-5-6-20-9/h3-4,9H,2,5-8H2,1H3,(H,15,17)(H,16,18). The summed E-state index contributed by atoms with van der Waals surface area (Å²) in [4.78, 5) is 16.4. The van der Waals surface area contributed by atoms with E-state index in [4.69, 9.17) is 11.6 Å². The molecule has 2 rings (SSSR count). The van der Waals surface area contributed by atoms with Gasteiger partial charge in [-0.3, -0.25) is 4.79 Å². The highest BCUT2D eigenvalue weighted by atomic mass is 35.5. The number of pyridine rings is 1. The molecule has 2 heterocycles. The van der Waals surface area contributed by atoms with Gasteiger partial charge in [0.2, 0.25) is 0 Å². The Balaban J connectivity index is 1.95. The summed E-state index contributed by atoms with van der Waals surface area (Å²) in [6, 6.07) is 3.48. The Hall–Kier alpha value is -0.590. The van der Waals surface area contributed by atoms with Crippen molar-refractivity contribution in [2.75, 3.05) is 35.7 Å². The van der Waals surface area contributed by atoms with Gasteiger partial charge in [-0.15, -0.1) is 0 Å². The molecule has 0 radical (unpaired) electrons. The lowest BCUT2D eigenvalue weighted by Crippen LogP contribution is -2.34. The van der Waals surface area contributed by atoms with E-state index >= 15 is 0 Å².